The summed E-state index contributed by atoms with van der Waals surface area (Å²) < 4.78 is 18.9. The van der Waals surface area contributed by atoms with Gasteiger partial charge in [0.2, 0.25) is 5.56 Å². The predicted molar refractivity (Wildman–Crippen MR) is 103 cm³/mol. The van der Waals surface area contributed by atoms with E-state index in [4.69, 9.17) is 16.3 Å². The lowest BCUT2D eigenvalue weighted by Gasteiger charge is -2.18. The number of H-pyrrole nitrogens is 1. The maximum Gasteiger partial charge on any atom is 0.339 e. The second-order valence-corrected chi connectivity index (χ2v) is 6.53. The van der Waals surface area contributed by atoms with E-state index < -0.39 is 29.9 Å². The van der Waals surface area contributed by atoms with Gasteiger partial charge in [-0.25, -0.2) is 9.18 Å². The number of hydrogen-bond acceptors (Lipinski definition) is 4. The zero-order valence-electron chi connectivity index (χ0n) is 14.9. The number of carbonyl (C=O) groups excluding carboxylic acids is 2. The second kappa shape index (κ2) is 8.22. The van der Waals surface area contributed by atoms with Crippen molar-refractivity contribution >= 4 is 34.4 Å². The van der Waals surface area contributed by atoms with E-state index in [0.717, 1.165) is 6.07 Å². The van der Waals surface area contributed by atoms with E-state index in [9.17, 15) is 18.8 Å². The topological polar surface area (TPSA) is 79.5 Å². The van der Waals surface area contributed by atoms with Crippen molar-refractivity contribution in [3.05, 3.63) is 80.9 Å². The number of ether oxygens (including phenoxy) is 1. The molecular weight excluding hydrogens is 387 g/mol. The first kappa shape index (κ1) is 19.6. The fourth-order valence-corrected chi connectivity index (χ4v) is 2.92. The Morgan fingerprint density at radius 3 is 2.68 bits per heavy atom. The lowest BCUT2D eigenvalue weighted by Crippen LogP contribution is -2.31. The highest BCUT2D eigenvalue weighted by atomic mass is 35.5. The molecule has 0 spiro atoms. The summed E-state index contributed by atoms with van der Waals surface area (Å²) in [7, 11) is 1.45. The number of fused-ring (bicyclic) bond motifs is 1. The van der Waals surface area contributed by atoms with Gasteiger partial charge in [-0.05, 0) is 18.2 Å². The Bertz CT molecular complexity index is 1090. The third kappa shape index (κ3) is 4.20. The number of rotatable bonds is 5. The van der Waals surface area contributed by atoms with Gasteiger partial charge < -0.3 is 14.6 Å². The molecule has 144 valence electrons. The Morgan fingerprint density at radius 2 is 1.93 bits per heavy atom. The number of aromatic nitrogens is 1. The van der Waals surface area contributed by atoms with E-state index in [-0.39, 0.29) is 22.7 Å². The van der Waals surface area contributed by atoms with Crippen LogP contribution in [0.15, 0.2) is 53.3 Å². The van der Waals surface area contributed by atoms with Gasteiger partial charge in [0.15, 0.2) is 6.61 Å². The highest BCUT2D eigenvalue weighted by Crippen LogP contribution is 2.20. The third-order valence-corrected chi connectivity index (χ3v) is 4.53. The number of halogens is 2. The van der Waals surface area contributed by atoms with Crippen molar-refractivity contribution in [1.29, 1.82) is 0 Å². The van der Waals surface area contributed by atoms with Crippen LogP contribution in [0, 0.1) is 5.82 Å². The largest absolute Gasteiger partial charge is 0.452 e. The molecule has 0 saturated heterocycles. The SMILES string of the molecule is CN(Cc1c(F)cccc1Cl)C(=O)COC(=O)c1cc(=O)[nH]c2ccccc12. The molecular formula is C20H16ClFN2O4. The molecule has 0 aliphatic rings. The van der Waals surface area contributed by atoms with E-state index in [0.29, 0.717) is 10.9 Å². The van der Waals surface area contributed by atoms with Crippen molar-refractivity contribution in [3.8, 4) is 0 Å². The average Bonchev–Trinajstić information content (AvgIpc) is 2.67. The number of hydrogen-bond donors (Lipinski definition) is 1. The molecule has 1 N–H and O–H groups in total. The van der Waals surface area contributed by atoms with Crippen molar-refractivity contribution in [2.45, 2.75) is 6.54 Å². The first-order valence-electron chi connectivity index (χ1n) is 8.33. The van der Waals surface area contributed by atoms with Crippen molar-refractivity contribution in [3.63, 3.8) is 0 Å². The van der Waals surface area contributed by atoms with E-state index in [1.54, 1.807) is 24.3 Å². The summed E-state index contributed by atoms with van der Waals surface area (Å²) in [5.41, 5.74) is 0.266. The highest BCUT2D eigenvalue weighted by molar-refractivity contribution is 6.31. The highest BCUT2D eigenvalue weighted by Gasteiger charge is 2.18. The Morgan fingerprint density at radius 1 is 1.18 bits per heavy atom. The third-order valence-electron chi connectivity index (χ3n) is 4.18. The van der Waals surface area contributed by atoms with Crippen molar-refractivity contribution in [1.82, 2.24) is 9.88 Å². The van der Waals surface area contributed by atoms with Gasteiger partial charge in [0.25, 0.3) is 5.91 Å². The molecule has 0 aliphatic heterocycles. The van der Waals surface area contributed by atoms with Gasteiger partial charge in [0, 0.05) is 41.1 Å². The minimum atomic E-state index is -0.798. The Balaban J connectivity index is 1.69. The average molecular weight is 403 g/mol. The quantitative estimate of drug-likeness (QED) is 0.665. The number of nitrogens with one attached hydrogen (secondary N) is 1. The lowest BCUT2D eigenvalue weighted by molar-refractivity contribution is -0.133. The van der Waals surface area contributed by atoms with E-state index >= 15 is 0 Å². The summed E-state index contributed by atoms with van der Waals surface area (Å²) >= 11 is 5.96. The Kier molecular flexibility index (Phi) is 5.75. The Labute approximate surface area is 164 Å². The zero-order valence-corrected chi connectivity index (χ0v) is 15.6. The molecule has 3 rings (SSSR count). The number of benzene rings is 2. The lowest BCUT2D eigenvalue weighted by atomic mass is 10.1. The molecule has 0 fully saturated rings. The van der Waals surface area contributed by atoms with Gasteiger partial charge in [-0.3, -0.25) is 9.59 Å². The van der Waals surface area contributed by atoms with E-state index in [1.807, 2.05) is 0 Å². The smallest absolute Gasteiger partial charge is 0.339 e. The monoisotopic (exact) mass is 402 g/mol. The summed E-state index contributed by atoms with van der Waals surface area (Å²) in [6.45, 7) is -0.627. The van der Waals surface area contributed by atoms with Crippen LogP contribution in [-0.4, -0.2) is 35.4 Å². The van der Waals surface area contributed by atoms with Gasteiger partial charge in [-0.15, -0.1) is 0 Å². The number of para-hydroxylation sites is 1. The van der Waals surface area contributed by atoms with Crippen LogP contribution >= 0.6 is 11.6 Å². The van der Waals surface area contributed by atoms with Gasteiger partial charge in [0.05, 0.1) is 5.56 Å². The number of carbonyl (C=O) groups is 2. The van der Waals surface area contributed by atoms with Crippen LogP contribution in [0.4, 0.5) is 4.39 Å². The van der Waals surface area contributed by atoms with Gasteiger partial charge >= 0.3 is 5.97 Å². The number of aromatic amines is 1. The van der Waals surface area contributed by atoms with Crippen molar-refractivity contribution in [2.75, 3.05) is 13.7 Å². The minimum absolute atomic E-state index is 0.0620. The number of likely N-dealkylation sites (N-methyl/N-ethyl adjacent to an activating group) is 1. The van der Waals surface area contributed by atoms with Crippen LogP contribution in [0.1, 0.15) is 15.9 Å². The van der Waals surface area contributed by atoms with Gasteiger partial charge in [0.1, 0.15) is 5.82 Å². The van der Waals surface area contributed by atoms with Crippen LogP contribution in [0.25, 0.3) is 10.9 Å². The number of pyridine rings is 1. The second-order valence-electron chi connectivity index (χ2n) is 6.12. The van der Waals surface area contributed by atoms with Crippen molar-refractivity contribution < 1.29 is 18.7 Å². The molecule has 1 aromatic heterocycles. The maximum absolute atomic E-state index is 13.9. The molecule has 0 radical (unpaired) electrons. The molecule has 1 heterocycles. The molecule has 0 saturated carbocycles. The molecule has 8 heteroatoms. The van der Waals surface area contributed by atoms with E-state index in [2.05, 4.69) is 4.98 Å². The molecule has 0 unspecified atom stereocenters. The molecule has 1 amide bonds. The first-order valence-corrected chi connectivity index (χ1v) is 8.70. The summed E-state index contributed by atoms with van der Waals surface area (Å²) in [5, 5.41) is 0.706. The molecule has 0 bridgehead atoms. The summed E-state index contributed by atoms with van der Waals surface area (Å²) in [6.07, 6.45) is 0. The normalized spacial score (nSPS) is 10.7. The standard InChI is InChI=1S/C20H16ClFN2O4/c1-24(10-14-15(21)6-4-7-16(14)22)19(26)11-28-20(27)13-9-18(25)23-17-8-3-2-5-12(13)17/h2-9H,10-11H2,1H3,(H,23,25). The van der Waals surface area contributed by atoms with Crippen LogP contribution in [-0.2, 0) is 16.1 Å². The van der Waals surface area contributed by atoms with E-state index in [1.165, 1.54) is 30.1 Å². The molecule has 6 nitrogen and oxygen atoms in total. The number of esters is 1. The molecule has 0 aliphatic carbocycles. The minimum Gasteiger partial charge on any atom is -0.452 e. The van der Waals surface area contributed by atoms with Crippen LogP contribution in [0.2, 0.25) is 5.02 Å². The number of nitrogens with zero attached hydrogens (tertiary/aromatic N) is 1. The van der Waals surface area contributed by atoms with Crippen LogP contribution < -0.4 is 5.56 Å². The maximum atomic E-state index is 13.9. The van der Waals surface area contributed by atoms with Crippen molar-refractivity contribution in [2.24, 2.45) is 0 Å². The fourth-order valence-electron chi connectivity index (χ4n) is 2.70. The van der Waals surface area contributed by atoms with Gasteiger partial charge in [-0.1, -0.05) is 35.9 Å². The zero-order chi connectivity index (χ0) is 20.3. The Hall–Kier alpha value is -3.19. The molecule has 2 aromatic carbocycles. The fraction of sp³-hybridized carbons (Fsp3) is 0.150. The number of amides is 1. The molecule has 0 atom stereocenters. The molecule has 28 heavy (non-hydrogen) atoms. The summed E-state index contributed by atoms with van der Waals surface area (Å²) in [4.78, 5) is 40.2. The first-order chi connectivity index (χ1) is 13.4. The van der Waals surface area contributed by atoms with Gasteiger partial charge in [-0.2, -0.15) is 0 Å². The summed E-state index contributed by atoms with van der Waals surface area (Å²) in [6, 6.07) is 12.1. The predicted octanol–water partition coefficient (Wildman–Crippen LogP) is 3.14. The van der Waals surface area contributed by atoms with Crippen LogP contribution in [0.3, 0.4) is 0 Å². The summed E-state index contributed by atoms with van der Waals surface area (Å²) in [5.74, 6) is -1.87. The van der Waals surface area contributed by atoms with Crippen LogP contribution in [0.5, 0.6) is 0 Å². The molecule has 3 aromatic rings.